The molecule has 5 rings (SSSR count). The topological polar surface area (TPSA) is 93.6 Å². The van der Waals surface area contributed by atoms with Crippen LogP contribution in [0.1, 0.15) is 44.9 Å². The van der Waals surface area contributed by atoms with Crippen LogP contribution in [0.3, 0.4) is 0 Å². The zero-order valence-electron chi connectivity index (χ0n) is 18.8. The Labute approximate surface area is 202 Å². The molecule has 0 bridgehead atoms. The average molecular weight is 493 g/mol. The third-order valence-electron chi connectivity index (χ3n) is 6.29. The molecule has 0 aromatic carbocycles. The monoisotopic (exact) mass is 492 g/mol. The number of nitrogens with zero attached hydrogens (tertiary/aromatic N) is 6. The van der Waals surface area contributed by atoms with Gasteiger partial charge in [-0.25, -0.2) is 4.79 Å². The van der Waals surface area contributed by atoms with E-state index in [0.717, 1.165) is 42.9 Å². The van der Waals surface area contributed by atoms with Crippen molar-refractivity contribution < 1.29 is 14.3 Å². The number of fused-ring (bicyclic) bond motifs is 1. The number of pyridine rings is 1. The summed E-state index contributed by atoms with van der Waals surface area (Å²) in [5, 5.41) is 7.86. The van der Waals surface area contributed by atoms with Gasteiger partial charge >= 0.3 is 6.09 Å². The van der Waals surface area contributed by atoms with Crippen molar-refractivity contribution in [3.05, 3.63) is 34.0 Å². The number of amides is 1. The van der Waals surface area contributed by atoms with Gasteiger partial charge in [0.15, 0.2) is 11.0 Å². The molecule has 3 aliphatic rings. The van der Waals surface area contributed by atoms with Crippen LogP contribution >= 0.6 is 23.2 Å². The number of carbonyl (C=O) groups excluding carboxylic acids is 1. The first-order chi connectivity index (χ1) is 15.6. The molecule has 1 saturated carbocycles. The van der Waals surface area contributed by atoms with Crippen LogP contribution in [0.4, 0.5) is 10.6 Å². The lowest BCUT2D eigenvalue weighted by Crippen LogP contribution is -2.65. The molecule has 2 aromatic rings. The van der Waals surface area contributed by atoms with Crippen molar-refractivity contribution in [1.82, 2.24) is 25.1 Å². The molecule has 2 fully saturated rings. The van der Waals surface area contributed by atoms with Gasteiger partial charge in [-0.05, 0) is 51.3 Å². The van der Waals surface area contributed by atoms with Crippen molar-refractivity contribution in [1.29, 1.82) is 0 Å². The Bertz CT molecular complexity index is 1080. The standard InChI is InChI=1S/C22H26Cl2N6O3/c1-21(2,3)33-20(31)29-7-5-15-14(10-29)16(4-6-25-15)32-13-8-22(9-13)11-30(12-22)18-17(23)27-28-19(24)26-18/h4,6,13H,5,7-12H2,1-3H3. The third-order valence-corrected chi connectivity index (χ3v) is 6.70. The molecule has 9 nitrogen and oxygen atoms in total. The van der Waals surface area contributed by atoms with E-state index in [2.05, 4.69) is 25.1 Å². The maximum Gasteiger partial charge on any atom is 0.410 e. The smallest absolute Gasteiger partial charge is 0.410 e. The Balaban J connectivity index is 1.20. The summed E-state index contributed by atoms with van der Waals surface area (Å²) < 4.78 is 11.9. The van der Waals surface area contributed by atoms with Gasteiger partial charge in [-0.15, -0.1) is 10.2 Å². The van der Waals surface area contributed by atoms with Gasteiger partial charge in [0, 0.05) is 43.2 Å². The number of aromatic nitrogens is 4. The first kappa shape index (κ1) is 22.4. The lowest BCUT2D eigenvalue weighted by atomic mass is 9.61. The fourth-order valence-electron chi connectivity index (χ4n) is 4.83. The number of anilines is 1. The van der Waals surface area contributed by atoms with E-state index in [4.69, 9.17) is 32.7 Å². The van der Waals surface area contributed by atoms with Crippen LogP contribution in [-0.2, 0) is 17.7 Å². The third kappa shape index (κ3) is 4.53. The summed E-state index contributed by atoms with van der Waals surface area (Å²) in [6.07, 6.45) is 4.17. The number of ether oxygens (including phenoxy) is 2. The van der Waals surface area contributed by atoms with E-state index in [9.17, 15) is 4.79 Å². The normalized spacial score (nSPS) is 19.5. The highest BCUT2D eigenvalue weighted by molar-refractivity contribution is 6.32. The first-order valence-electron chi connectivity index (χ1n) is 11.0. The molecule has 1 spiro atoms. The highest BCUT2D eigenvalue weighted by atomic mass is 35.5. The van der Waals surface area contributed by atoms with Gasteiger partial charge in [0.05, 0.1) is 12.2 Å². The van der Waals surface area contributed by atoms with Crippen molar-refractivity contribution in [2.24, 2.45) is 5.41 Å². The highest BCUT2D eigenvalue weighted by Crippen LogP contribution is 2.51. The molecule has 1 aliphatic carbocycles. The zero-order valence-corrected chi connectivity index (χ0v) is 20.4. The summed E-state index contributed by atoms with van der Waals surface area (Å²) in [6, 6.07) is 1.89. The van der Waals surface area contributed by atoms with Gasteiger partial charge < -0.3 is 19.3 Å². The molecule has 4 heterocycles. The molecular formula is C22H26Cl2N6O3. The van der Waals surface area contributed by atoms with E-state index in [0.29, 0.717) is 25.3 Å². The van der Waals surface area contributed by atoms with Crippen molar-refractivity contribution in [3.63, 3.8) is 0 Å². The molecule has 0 atom stereocenters. The Hall–Kier alpha value is -2.39. The van der Waals surface area contributed by atoms with Crippen LogP contribution in [0.25, 0.3) is 0 Å². The largest absolute Gasteiger partial charge is 0.490 e. The van der Waals surface area contributed by atoms with Crippen molar-refractivity contribution in [2.75, 3.05) is 24.5 Å². The minimum Gasteiger partial charge on any atom is -0.490 e. The molecule has 176 valence electrons. The summed E-state index contributed by atoms with van der Waals surface area (Å²) in [5.41, 5.74) is 1.62. The van der Waals surface area contributed by atoms with Crippen LogP contribution in [0, 0.1) is 5.41 Å². The maximum absolute atomic E-state index is 12.6. The fraction of sp³-hybridized carbons (Fsp3) is 0.591. The number of hydrogen-bond donors (Lipinski definition) is 0. The molecule has 1 saturated heterocycles. The molecular weight excluding hydrogens is 467 g/mol. The van der Waals surface area contributed by atoms with Crippen LogP contribution in [0.5, 0.6) is 5.75 Å². The molecule has 1 amide bonds. The fourth-order valence-corrected chi connectivity index (χ4v) is 5.15. The van der Waals surface area contributed by atoms with E-state index < -0.39 is 5.60 Å². The van der Waals surface area contributed by atoms with E-state index >= 15 is 0 Å². The second-order valence-corrected chi connectivity index (χ2v) is 10.8. The highest BCUT2D eigenvalue weighted by Gasteiger charge is 2.54. The van der Waals surface area contributed by atoms with E-state index in [1.165, 1.54) is 0 Å². The molecule has 33 heavy (non-hydrogen) atoms. The molecule has 0 N–H and O–H groups in total. The predicted molar refractivity (Wildman–Crippen MR) is 123 cm³/mol. The second-order valence-electron chi connectivity index (χ2n) is 10.1. The number of halogens is 2. The quantitative estimate of drug-likeness (QED) is 0.636. The number of hydrogen-bond acceptors (Lipinski definition) is 8. The maximum atomic E-state index is 12.6. The Kier molecular flexibility index (Phi) is 5.52. The number of rotatable bonds is 3. The molecule has 0 radical (unpaired) electrons. The summed E-state index contributed by atoms with van der Waals surface area (Å²) in [6.45, 7) is 8.32. The van der Waals surface area contributed by atoms with Crippen LogP contribution in [0.15, 0.2) is 12.3 Å². The van der Waals surface area contributed by atoms with Gasteiger partial charge in [0.25, 0.3) is 0 Å². The molecule has 2 aromatic heterocycles. The summed E-state index contributed by atoms with van der Waals surface area (Å²) >= 11 is 12.0. The SMILES string of the molecule is CC(C)(C)OC(=O)N1CCc2nccc(OC3CC4(C3)CN(c3nc(Cl)nnc3Cl)C4)c2C1. The Morgan fingerprint density at radius 3 is 2.70 bits per heavy atom. The Morgan fingerprint density at radius 1 is 1.21 bits per heavy atom. The summed E-state index contributed by atoms with van der Waals surface area (Å²) in [4.78, 5) is 25.1. The lowest BCUT2D eigenvalue weighted by Gasteiger charge is -2.58. The minimum atomic E-state index is -0.528. The Morgan fingerprint density at radius 2 is 1.97 bits per heavy atom. The van der Waals surface area contributed by atoms with E-state index in [1.807, 2.05) is 26.8 Å². The van der Waals surface area contributed by atoms with Crippen molar-refractivity contribution in [3.8, 4) is 5.75 Å². The van der Waals surface area contributed by atoms with Gasteiger partial charge in [-0.3, -0.25) is 4.98 Å². The van der Waals surface area contributed by atoms with Gasteiger partial charge in [0.1, 0.15) is 17.5 Å². The molecule has 2 aliphatic heterocycles. The summed E-state index contributed by atoms with van der Waals surface area (Å²) in [5.74, 6) is 1.39. The van der Waals surface area contributed by atoms with Crippen LogP contribution in [-0.4, -0.2) is 62.5 Å². The van der Waals surface area contributed by atoms with E-state index in [1.54, 1.807) is 11.1 Å². The second kappa shape index (κ2) is 8.13. The average Bonchev–Trinajstić information content (AvgIpc) is 2.69. The van der Waals surface area contributed by atoms with Gasteiger partial charge in [-0.1, -0.05) is 11.6 Å². The van der Waals surface area contributed by atoms with Crippen LogP contribution < -0.4 is 9.64 Å². The molecule has 0 unspecified atom stereocenters. The molecule has 11 heteroatoms. The number of carbonyl (C=O) groups is 1. The van der Waals surface area contributed by atoms with Gasteiger partial charge in [0.2, 0.25) is 5.28 Å². The van der Waals surface area contributed by atoms with E-state index in [-0.39, 0.29) is 28.0 Å². The summed E-state index contributed by atoms with van der Waals surface area (Å²) in [7, 11) is 0. The lowest BCUT2D eigenvalue weighted by molar-refractivity contribution is -0.0352. The van der Waals surface area contributed by atoms with Crippen molar-refractivity contribution in [2.45, 2.75) is 58.3 Å². The van der Waals surface area contributed by atoms with Gasteiger partial charge in [-0.2, -0.15) is 4.98 Å². The predicted octanol–water partition coefficient (Wildman–Crippen LogP) is 3.91. The first-order valence-corrected chi connectivity index (χ1v) is 11.8. The van der Waals surface area contributed by atoms with Crippen LogP contribution in [0.2, 0.25) is 10.4 Å². The minimum absolute atomic E-state index is 0.0908. The van der Waals surface area contributed by atoms with Crippen molar-refractivity contribution >= 4 is 35.1 Å². The zero-order chi connectivity index (χ0) is 23.4.